The predicted octanol–water partition coefficient (Wildman–Crippen LogP) is 6.81. The molecule has 2 saturated carbocycles. The summed E-state index contributed by atoms with van der Waals surface area (Å²) in [6.45, 7) is 2.45. The van der Waals surface area contributed by atoms with E-state index in [1.54, 1.807) is 12.3 Å². The molecule has 2 aliphatic carbocycles. The molecule has 2 aromatic carbocycles. The molecule has 3 aromatic rings. The van der Waals surface area contributed by atoms with E-state index in [2.05, 4.69) is 15.2 Å². The van der Waals surface area contributed by atoms with Gasteiger partial charge in [-0.2, -0.15) is 0 Å². The Kier molecular flexibility index (Phi) is 6.34. The number of halogens is 2. The van der Waals surface area contributed by atoms with Crippen molar-refractivity contribution in [2.75, 3.05) is 18.4 Å². The van der Waals surface area contributed by atoms with Crippen molar-refractivity contribution >= 4 is 34.0 Å². The van der Waals surface area contributed by atoms with Crippen LogP contribution in [0.2, 0.25) is 5.02 Å². The largest absolute Gasteiger partial charge is 0.504 e. The minimum atomic E-state index is -0.763. The molecule has 2 N–H and O–H groups in total. The van der Waals surface area contributed by atoms with Crippen LogP contribution in [0.15, 0.2) is 36.5 Å². The number of carbonyl (C=O) groups excluding carboxylic acids is 1. The predicted molar refractivity (Wildman–Crippen MR) is 141 cm³/mol. The summed E-state index contributed by atoms with van der Waals surface area (Å²) in [7, 11) is 0. The van der Waals surface area contributed by atoms with Crippen molar-refractivity contribution in [2.24, 2.45) is 5.92 Å². The number of rotatable bonds is 6. The van der Waals surface area contributed by atoms with E-state index < -0.39 is 11.6 Å². The average Bonchev–Trinajstić information content (AvgIpc) is 3.60. The molecule has 2 heterocycles. The third-order valence-corrected chi connectivity index (χ3v) is 8.42. The van der Waals surface area contributed by atoms with Gasteiger partial charge in [0.2, 0.25) is 0 Å². The van der Waals surface area contributed by atoms with Crippen molar-refractivity contribution in [3.63, 3.8) is 0 Å². The van der Waals surface area contributed by atoms with Crippen molar-refractivity contribution < 1.29 is 14.3 Å². The number of nitrogens with one attached hydrogen (secondary N) is 1. The Hall–Kier alpha value is -2.70. The first-order chi connectivity index (χ1) is 17.5. The summed E-state index contributed by atoms with van der Waals surface area (Å²) in [5, 5.41) is 14.3. The second-order valence-corrected chi connectivity index (χ2v) is 11.0. The molecular weight excluding hydrogens is 477 g/mol. The zero-order valence-corrected chi connectivity index (χ0v) is 21.0. The lowest BCUT2D eigenvalue weighted by Crippen LogP contribution is -2.39. The van der Waals surface area contributed by atoms with E-state index in [-0.39, 0.29) is 16.7 Å². The van der Waals surface area contributed by atoms with Gasteiger partial charge in [0, 0.05) is 29.6 Å². The van der Waals surface area contributed by atoms with E-state index >= 15 is 0 Å². The Labute approximate surface area is 215 Å². The van der Waals surface area contributed by atoms with Gasteiger partial charge in [-0.25, -0.2) is 4.39 Å². The van der Waals surface area contributed by atoms with E-state index in [4.69, 9.17) is 11.6 Å². The summed E-state index contributed by atoms with van der Waals surface area (Å²) >= 11 is 6.05. The van der Waals surface area contributed by atoms with Crippen molar-refractivity contribution in [3.05, 3.63) is 52.9 Å². The van der Waals surface area contributed by atoms with E-state index in [0.29, 0.717) is 23.2 Å². The molecule has 1 aromatic heterocycles. The highest BCUT2D eigenvalue weighted by Crippen LogP contribution is 2.40. The van der Waals surface area contributed by atoms with Gasteiger partial charge in [-0.05, 0) is 99.8 Å². The second kappa shape index (κ2) is 9.64. The number of benzene rings is 2. The first-order valence-corrected chi connectivity index (χ1v) is 13.5. The highest BCUT2D eigenvalue weighted by molar-refractivity contribution is 6.32. The molecule has 5 nitrogen and oxygen atoms in total. The number of hydrogen-bond acceptors (Lipinski definition) is 5. The minimum absolute atomic E-state index is 0.0333. The number of anilines is 1. The number of phenolic OH excluding ortho intramolecular Hbond substituents is 1. The van der Waals surface area contributed by atoms with Gasteiger partial charge in [0.25, 0.3) is 0 Å². The summed E-state index contributed by atoms with van der Waals surface area (Å²) in [5.41, 5.74) is 3.59. The molecule has 0 radical (unpaired) electrons. The summed E-state index contributed by atoms with van der Waals surface area (Å²) in [6.07, 6.45) is 10.7. The minimum Gasteiger partial charge on any atom is -0.504 e. The van der Waals surface area contributed by atoms with Crippen molar-refractivity contribution in [1.82, 2.24) is 9.88 Å². The van der Waals surface area contributed by atoms with Crippen LogP contribution in [0.1, 0.15) is 61.7 Å². The molecule has 0 unspecified atom stereocenters. The third kappa shape index (κ3) is 4.57. The van der Waals surface area contributed by atoms with E-state index in [1.165, 1.54) is 44.8 Å². The number of carbonyl (C=O) groups is 1. The highest BCUT2D eigenvalue weighted by Gasteiger charge is 2.34. The fourth-order valence-electron chi connectivity index (χ4n) is 5.91. The lowest BCUT2D eigenvalue weighted by atomic mass is 9.89. The van der Waals surface area contributed by atoms with Gasteiger partial charge in [-0.3, -0.25) is 9.78 Å². The topological polar surface area (TPSA) is 65.5 Å². The lowest BCUT2D eigenvalue weighted by Gasteiger charge is -2.35. The zero-order chi connectivity index (χ0) is 24.8. The van der Waals surface area contributed by atoms with E-state index in [1.807, 2.05) is 18.2 Å². The first kappa shape index (κ1) is 23.7. The molecule has 0 amide bonds. The monoisotopic (exact) mass is 507 g/mol. The summed E-state index contributed by atoms with van der Waals surface area (Å²) in [5.74, 6) is -1.07. The molecule has 6 rings (SSSR count). The van der Waals surface area contributed by atoms with Crippen LogP contribution in [0.25, 0.3) is 22.0 Å². The highest BCUT2D eigenvalue weighted by atomic mass is 35.5. The van der Waals surface area contributed by atoms with Gasteiger partial charge in [0.15, 0.2) is 17.3 Å². The SMILES string of the molecule is O=C(c1cnc2ccc(-c3cc(F)c(O)c(Cl)c3)cc2c1N[C@H]1CC[C@H](N2CCCC2)CC1)C1CC1. The smallest absolute Gasteiger partial charge is 0.170 e. The van der Waals surface area contributed by atoms with Gasteiger partial charge in [0.05, 0.1) is 21.8 Å². The van der Waals surface area contributed by atoms with Crippen LogP contribution >= 0.6 is 11.6 Å². The standard InChI is InChI=1S/C29H31ClFN3O2/c30-24-14-19(15-25(31)29(24)36)18-5-10-26-22(13-18)27(23(16-32-26)28(35)17-3-4-17)33-20-6-8-21(9-7-20)34-11-1-2-12-34/h5,10,13-17,20-21,36H,1-4,6-9,11-12H2,(H,32,33)/t20-,21-. The van der Waals surface area contributed by atoms with E-state index in [9.17, 15) is 14.3 Å². The molecule has 1 aliphatic heterocycles. The Morgan fingerprint density at radius 2 is 1.78 bits per heavy atom. The quantitative estimate of drug-likeness (QED) is 0.359. The van der Waals surface area contributed by atoms with Crippen LogP contribution in [0.5, 0.6) is 5.75 Å². The number of aromatic hydroxyl groups is 1. The first-order valence-electron chi connectivity index (χ1n) is 13.1. The summed E-state index contributed by atoms with van der Waals surface area (Å²) in [4.78, 5) is 20.5. The lowest BCUT2D eigenvalue weighted by molar-refractivity contribution is 0.0968. The van der Waals surface area contributed by atoms with Gasteiger partial charge in [0.1, 0.15) is 0 Å². The molecule has 36 heavy (non-hydrogen) atoms. The van der Waals surface area contributed by atoms with E-state index in [0.717, 1.165) is 47.8 Å². The molecule has 3 aliphatic rings. The van der Waals surface area contributed by atoms with Crippen molar-refractivity contribution in [2.45, 2.75) is 63.5 Å². The molecule has 0 atom stereocenters. The van der Waals surface area contributed by atoms with Gasteiger partial charge < -0.3 is 15.3 Å². The molecule has 0 spiro atoms. The fourth-order valence-corrected chi connectivity index (χ4v) is 6.12. The maximum absolute atomic E-state index is 14.2. The van der Waals surface area contributed by atoms with Gasteiger partial charge >= 0.3 is 0 Å². The summed E-state index contributed by atoms with van der Waals surface area (Å²) < 4.78 is 14.2. The number of phenols is 1. The van der Waals surface area contributed by atoms with Crippen LogP contribution in [-0.4, -0.2) is 45.9 Å². The Bertz CT molecular complexity index is 1290. The number of aromatic nitrogens is 1. The Balaban J connectivity index is 1.35. The third-order valence-electron chi connectivity index (χ3n) is 8.13. The van der Waals surface area contributed by atoms with Gasteiger partial charge in [-0.1, -0.05) is 17.7 Å². The number of fused-ring (bicyclic) bond motifs is 1. The fraction of sp³-hybridized carbons (Fsp3) is 0.448. The van der Waals surface area contributed by atoms with Crippen LogP contribution in [0.4, 0.5) is 10.1 Å². The maximum Gasteiger partial charge on any atom is 0.170 e. The molecular formula is C29H31ClFN3O2. The maximum atomic E-state index is 14.2. The molecule has 7 heteroatoms. The molecule has 0 bridgehead atoms. The summed E-state index contributed by atoms with van der Waals surface area (Å²) in [6, 6.07) is 9.52. The number of hydrogen-bond donors (Lipinski definition) is 2. The van der Waals surface area contributed by atoms with Crippen LogP contribution in [0, 0.1) is 11.7 Å². The van der Waals surface area contributed by atoms with Crippen molar-refractivity contribution in [1.29, 1.82) is 0 Å². The molecule has 3 fully saturated rings. The Morgan fingerprint density at radius 3 is 2.47 bits per heavy atom. The normalized spacial score (nSPS) is 22.7. The average molecular weight is 508 g/mol. The zero-order valence-electron chi connectivity index (χ0n) is 20.3. The number of ketones is 1. The number of Topliss-reactive ketones (excluding diaryl/α,β-unsaturated/α-hetero) is 1. The number of pyridine rings is 1. The second-order valence-electron chi connectivity index (χ2n) is 10.6. The van der Waals surface area contributed by atoms with Crippen LogP contribution in [-0.2, 0) is 0 Å². The molecule has 1 saturated heterocycles. The number of nitrogens with zero attached hydrogens (tertiary/aromatic N) is 2. The Morgan fingerprint density at radius 1 is 1.03 bits per heavy atom. The van der Waals surface area contributed by atoms with Crippen LogP contribution < -0.4 is 5.32 Å². The van der Waals surface area contributed by atoms with Gasteiger partial charge in [-0.15, -0.1) is 0 Å². The molecule has 188 valence electrons. The number of likely N-dealkylation sites (tertiary alicyclic amines) is 1. The van der Waals surface area contributed by atoms with Crippen LogP contribution in [0.3, 0.4) is 0 Å². The van der Waals surface area contributed by atoms with Crippen molar-refractivity contribution in [3.8, 4) is 16.9 Å².